The maximum absolute atomic E-state index is 5.02. The Kier molecular flexibility index (Phi) is 12.3. The van der Waals surface area contributed by atoms with Crippen molar-refractivity contribution >= 4 is 14.1 Å². The van der Waals surface area contributed by atoms with E-state index in [4.69, 9.17) is 5.32 Å². The van der Waals surface area contributed by atoms with Crippen molar-refractivity contribution in [2.75, 3.05) is 0 Å². The van der Waals surface area contributed by atoms with Crippen LogP contribution < -0.4 is 24.8 Å². The zero-order valence-electron chi connectivity index (χ0n) is 13.9. The predicted molar refractivity (Wildman–Crippen MR) is 81.2 cm³/mol. The summed E-state index contributed by atoms with van der Waals surface area (Å²) in [4.78, 5) is 0. The first-order valence-corrected chi connectivity index (χ1v) is 9.01. The summed E-state index contributed by atoms with van der Waals surface area (Å²) in [5, 5.41) is 5.02. The van der Waals surface area contributed by atoms with Crippen molar-refractivity contribution in [3.63, 3.8) is 0 Å². The van der Waals surface area contributed by atoms with Gasteiger partial charge in [-0.15, -0.1) is 5.67 Å². The molecule has 0 aromatic heterocycles. The van der Waals surface area contributed by atoms with Gasteiger partial charge in [-0.25, -0.2) is 0 Å². The molecule has 1 atom stereocenters. The van der Waals surface area contributed by atoms with Crippen LogP contribution >= 0.6 is 0 Å². The van der Waals surface area contributed by atoms with Gasteiger partial charge in [-0.2, -0.15) is 5.70 Å². The summed E-state index contributed by atoms with van der Waals surface area (Å²) in [5.74, 6) is 0.493. The largest absolute Gasteiger partial charge is 3.00 e. The zero-order valence-corrected chi connectivity index (χ0v) is 17.9. The topological polar surface area (TPSA) is 14.1 Å². The Labute approximate surface area is 154 Å². The molecule has 0 bridgehead atoms. The number of hydrogen-bond acceptors (Lipinski definition) is 0. The van der Waals surface area contributed by atoms with Crippen LogP contribution in [0.5, 0.6) is 0 Å². The van der Waals surface area contributed by atoms with Crippen molar-refractivity contribution in [3.05, 3.63) is 27.7 Å². The van der Waals surface area contributed by atoms with Crippen LogP contribution in [0.3, 0.4) is 0 Å². The summed E-state index contributed by atoms with van der Waals surface area (Å²) in [5.41, 5.74) is 8.00. The van der Waals surface area contributed by atoms with Crippen molar-refractivity contribution in [1.29, 1.82) is 0 Å². The summed E-state index contributed by atoms with van der Waals surface area (Å²) in [7, 11) is -0.349. The van der Waals surface area contributed by atoms with Crippen LogP contribution in [-0.4, -0.2) is 19.6 Å². The Bertz CT molecular complexity index is 422. The van der Waals surface area contributed by atoms with E-state index in [1.807, 2.05) is 0 Å². The first kappa shape index (κ1) is 25.6. The number of nitrogens with zero attached hydrogens (tertiary/aromatic N) is 1. The monoisotopic (exact) mass is 366 g/mol. The van der Waals surface area contributed by atoms with Gasteiger partial charge in [0.15, 0.2) is 0 Å². The van der Waals surface area contributed by atoms with E-state index in [1.54, 1.807) is 0 Å². The fourth-order valence-electron chi connectivity index (χ4n) is 2.57. The molecule has 0 amide bonds. The Hall–Kier alpha value is 0.661. The van der Waals surface area contributed by atoms with E-state index in [-0.39, 0.29) is 60.5 Å². The second kappa shape index (κ2) is 9.63. The molecule has 0 fully saturated rings. The molecule has 0 N–H and O–H groups in total. The van der Waals surface area contributed by atoms with Gasteiger partial charge >= 0.3 is 21.7 Å². The fourth-order valence-corrected chi connectivity index (χ4v) is 4.05. The molecular weight excluding hydrogens is 341 g/mol. The molecule has 20 heavy (non-hydrogen) atoms. The first-order valence-electron chi connectivity index (χ1n) is 6.43. The number of hydrogen-bond donors (Lipinski definition) is 0. The second-order valence-corrected chi connectivity index (χ2v) is 8.47. The third-order valence-electron chi connectivity index (χ3n) is 3.65. The third kappa shape index (κ3) is 6.19. The van der Waals surface area contributed by atoms with Gasteiger partial charge in [-0.1, -0.05) is 56.1 Å². The van der Waals surface area contributed by atoms with Crippen molar-refractivity contribution in [2.45, 2.75) is 60.2 Å². The van der Waals surface area contributed by atoms with Crippen molar-refractivity contribution in [2.24, 2.45) is 5.92 Å². The quantitative estimate of drug-likeness (QED) is 0.542. The normalized spacial score (nSPS) is 17.9. The second-order valence-electron chi connectivity index (χ2n) is 6.03. The molecule has 5 heteroatoms. The SMILES string of the molecule is CC1=C(C)C(C)C([N-]C(C)(C)C=[Si](C)C)=C1C.[Cl-].[Cl-].[Ti+3]. The fraction of sp³-hybridized carbons (Fsp3) is 0.667. The molecule has 1 radical (unpaired) electrons. The van der Waals surface area contributed by atoms with E-state index in [9.17, 15) is 0 Å². The molecule has 0 saturated heterocycles. The minimum atomic E-state index is -0.349. The Morgan fingerprint density at radius 2 is 1.50 bits per heavy atom. The van der Waals surface area contributed by atoms with Crippen LogP contribution in [0.2, 0.25) is 13.1 Å². The summed E-state index contributed by atoms with van der Waals surface area (Å²) in [6.45, 7) is 18.0. The third-order valence-corrected chi connectivity index (χ3v) is 4.93. The van der Waals surface area contributed by atoms with Gasteiger partial charge in [0.25, 0.3) is 0 Å². The van der Waals surface area contributed by atoms with Gasteiger partial charge < -0.3 is 30.1 Å². The summed E-state index contributed by atoms with van der Waals surface area (Å²) < 4.78 is 0. The molecular formula is C15H26Cl2NSiTi. The van der Waals surface area contributed by atoms with Gasteiger partial charge in [-0.05, 0) is 35.1 Å². The van der Waals surface area contributed by atoms with Crippen molar-refractivity contribution in [3.8, 4) is 0 Å². The van der Waals surface area contributed by atoms with Gasteiger partial charge in [0.1, 0.15) is 0 Å². The zero-order chi connectivity index (χ0) is 13.4. The molecule has 0 saturated carbocycles. The standard InChI is InChI=1S/C15H26NSi.2ClH.Ti/c1-10-11(2)13(4)14(12(10)3)16-15(5,6)9-17(7)8;;;/h9,12H,1-8H3;2*1H;/q-1;;;+3/p-2. The van der Waals surface area contributed by atoms with Crippen LogP contribution in [0.4, 0.5) is 0 Å². The summed E-state index contributed by atoms with van der Waals surface area (Å²) in [6.07, 6.45) is 0. The van der Waals surface area contributed by atoms with Crippen molar-refractivity contribution in [1.82, 2.24) is 0 Å². The summed E-state index contributed by atoms with van der Waals surface area (Å²) >= 11 is 0. The Balaban J connectivity index is -0.000000963. The maximum Gasteiger partial charge on any atom is 3.00 e. The summed E-state index contributed by atoms with van der Waals surface area (Å²) in [6, 6.07) is 0. The average Bonchev–Trinajstić information content (AvgIpc) is 2.33. The van der Waals surface area contributed by atoms with E-state index in [1.165, 1.54) is 22.4 Å². The first-order chi connectivity index (χ1) is 7.65. The molecule has 1 unspecified atom stereocenters. The predicted octanol–water partition coefficient (Wildman–Crippen LogP) is -1.46. The Morgan fingerprint density at radius 3 is 1.80 bits per heavy atom. The molecule has 1 nitrogen and oxygen atoms in total. The van der Waals surface area contributed by atoms with Crippen LogP contribution in [-0.2, 0) is 21.7 Å². The molecule has 0 heterocycles. The number of halogens is 2. The van der Waals surface area contributed by atoms with Gasteiger partial charge in [0.05, 0.1) is 0 Å². The van der Waals surface area contributed by atoms with E-state index >= 15 is 0 Å². The van der Waals surface area contributed by atoms with Gasteiger partial charge in [0, 0.05) is 0 Å². The molecule has 1 aliphatic carbocycles. The van der Waals surface area contributed by atoms with Gasteiger partial charge in [-0.3, -0.25) is 0 Å². The van der Waals surface area contributed by atoms with E-state index in [0.717, 1.165) is 0 Å². The minimum absolute atomic E-state index is 0. The molecule has 0 aromatic rings. The molecule has 0 aromatic carbocycles. The van der Waals surface area contributed by atoms with Crippen LogP contribution in [0.15, 0.2) is 22.4 Å². The molecule has 0 aliphatic heterocycles. The van der Waals surface area contributed by atoms with Crippen molar-refractivity contribution < 1.29 is 46.5 Å². The average molecular weight is 367 g/mol. The molecule has 1 aliphatic rings. The maximum atomic E-state index is 5.02. The number of rotatable bonds is 3. The Morgan fingerprint density at radius 1 is 1.05 bits per heavy atom. The van der Waals surface area contributed by atoms with Gasteiger partial charge in [0.2, 0.25) is 0 Å². The van der Waals surface area contributed by atoms with Crippen LogP contribution in [0, 0.1) is 5.92 Å². The van der Waals surface area contributed by atoms with E-state index in [2.05, 4.69) is 60.3 Å². The molecule has 1 rings (SSSR count). The van der Waals surface area contributed by atoms with Crippen LogP contribution in [0.25, 0.3) is 5.32 Å². The molecule has 0 spiro atoms. The minimum Gasteiger partial charge on any atom is -1.00 e. The van der Waals surface area contributed by atoms with E-state index in [0.29, 0.717) is 5.92 Å². The smallest absolute Gasteiger partial charge is 1.00 e. The van der Waals surface area contributed by atoms with E-state index < -0.39 is 0 Å². The van der Waals surface area contributed by atoms with Crippen LogP contribution in [0.1, 0.15) is 41.5 Å². The number of allylic oxidation sites excluding steroid dienone is 3. The molecule has 113 valence electrons.